The van der Waals surface area contributed by atoms with Crippen molar-refractivity contribution in [3.8, 4) is 5.75 Å². The number of furan rings is 1. The molecular formula is C18H19NO6. The maximum absolute atomic E-state index is 12.1. The molecule has 0 bridgehead atoms. The number of carboxylic acid groups (broad SMARTS) is 1. The van der Waals surface area contributed by atoms with Gasteiger partial charge in [-0.3, -0.25) is 4.79 Å². The van der Waals surface area contributed by atoms with Crippen molar-refractivity contribution in [2.45, 2.75) is 25.9 Å². The lowest BCUT2D eigenvalue weighted by molar-refractivity contribution is 0.0253. The Balaban J connectivity index is 1.65. The van der Waals surface area contributed by atoms with Gasteiger partial charge in [-0.05, 0) is 42.8 Å². The second kappa shape index (κ2) is 7.40. The van der Waals surface area contributed by atoms with Gasteiger partial charge in [0.1, 0.15) is 11.9 Å². The number of carbonyl (C=O) groups excluding carboxylic acids is 1. The van der Waals surface area contributed by atoms with E-state index in [0.29, 0.717) is 18.9 Å². The lowest BCUT2D eigenvalue weighted by Gasteiger charge is -2.24. The molecule has 1 aliphatic heterocycles. The molecule has 25 heavy (non-hydrogen) atoms. The second-order valence-corrected chi connectivity index (χ2v) is 5.83. The van der Waals surface area contributed by atoms with E-state index in [2.05, 4.69) is 5.32 Å². The average Bonchev–Trinajstić information content (AvgIpc) is 3.09. The van der Waals surface area contributed by atoms with Gasteiger partial charge in [-0.25, -0.2) is 4.79 Å². The first-order valence-corrected chi connectivity index (χ1v) is 8.02. The van der Waals surface area contributed by atoms with Crippen LogP contribution in [0.3, 0.4) is 0 Å². The van der Waals surface area contributed by atoms with E-state index in [4.69, 9.17) is 19.0 Å². The van der Waals surface area contributed by atoms with Crippen LogP contribution in [0.15, 0.2) is 34.7 Å². The summed E-state index contributed by atoms with van der Waals surface area (Å²) in [5.74, 6) is -1.29. The van der Waals surface area contributed by atoms with Crippen molar-refractivity contribution in [3.63, 3.8) is 0 Å². The Hall–Kier alpha value is -2.80. The number of aryl methyl sites for hydroxylation is 1. The summed E-state index contributed by atoms with van der Waals surface area (Å²) in [6.07, 6.45) is 1.87. The average molecular weight is 345 g/mol. The quantitative estimate of drug-likeness (QED) is 0.864. The molecule has 132 valence electrons. The molecule has 0 saturated carbocycles. The van der Waals surface area contributed by atoms with E-state index in [0.717, 1.165) is 24.2 Å². The van der Waals surface area contributed by atoms with Crippen LogP contribution in [0.5, 0.6) is 5.75 Å². The Labute approximate surface area is 144 Å². The third kappa shape index (κ3) is 4.19. The van der Waals surface area contributed by atoms with Crippen molar-refractivity contribution in [2.75, 3.05) is 18.5 Å². The van der Waals surface area contributed by atoms with Gasteiger partial charge in [-0.2, -0.15) is 0 Å². The zero-order chi connectivity index (χ0) is 17.8. The van der Waals surface area contributed by atoms with Crippen molar-refractivity contribution in [2.24, 2.45) is 0 Å². The molecule has 0 atom stereocenters. The van der Waals surface area contributed by atoms with Crippen LogP contribution in [0.25, 0.3) is 0 Å². The van der Waals surface area contributed by atoms with Gasteiger partial charge in [0.15, 0.2) is 5.76 Å². The summed E-state index contributed by atoms with van der Waals surface area (Å²) in [4.78, 5) is 22.9. The number of anilines is 1. The normalized spacial score (nSPS) is 14.9. The number of benzene rings is 1. The molecule has 1 aromatic carbocycles. The molecule has 1 aliphatic rings. The highest BCUT2D eigenvalue weighted by Gasteiger charge is 2.17. The molecule has 2 aromatic rings. The zero-order valence-corrected chi connectivity index (χ0v) is 13.8. The van der Waals surface area contributed by atoms with Gasteiger partial charge < -0.3 is 24.3 Å². The van der Waals surface area contributed by atoms with Crippen LogP contribution in [-0.2, 0) is 4.74 Å². The fraction of sp³-hybridized carbons (Fsp3) is 0.333. The Morgan fingerprint density at radius 3 is 2.52 bits per heavy atom. The highest BCUT2D eigenvalue weighted by Crippen LogP contribution is 2.25. The number of hydrogen-bond acceptors (Lipinski definition) is 5. The van der Waals surface area contributed by atoms with Crippen molar-refractivity contribution >= 4 is 17.6 Å². The molecular weight excluding hydrogens is 326 g/mol. The van der Waals surface area contributed by atoms with Crippen molar-refractivity contribution in [1.82, 2.24) is 0 Å². The molecule has 1 saturated heterocycles. The molecule has 2 N–H and O–H groups in total. The fourth-order valence-electron chi connectivity index (χ4n) is 2.60. The highest BCUT2D eigenvalue weighted by atomic mass is 16.5. The Bertz CT molecular complexity index is 776. The first kappa shape index (κ1) is 17.0. The zero-order valence-electron chi connectivity index (χ0n) is 13.8. The summed E-state index contributed by atoms with van der Waals surface area (Å²) in [5.41, 5.74) is 1.48. The van der Waals surface area contributed by atoms with Crippen molar-refractivity contribution in [1.29, 1.82) is 0 Å². The van der Waals surface area contributed by atoms with E-state index in [-0.39, 0.29) is 17.6 Å². The third-order valence-electron chi connectivity index (χ3n) is 3.94. The van der Waals surface area contributed by atoms with Crippen LogP contribution >= 0.6 is 0 Å². The molecule has 3 rings (SSSR count). The first-order chi connectivity index (χ1) is 12.0. The molecule has 1 fully saturated rings. The topological polar surface area (TPSA) is 98.0 Å². The van der Waals surface area contributed by atoms with Gasteiger partial charge in [0.2, 0.25) is 5.76 Å². The lowest BCUT2D eigenvalue weighted by Crippen LogP contribution is -2.26. The van der Waals surface area contributed by atoms with Crippen LogP contribution in [0, 0.1) is 6.92 Å². The minimum Gasteiger partial charge on any atom is -0.490 e. The summed E-state index contributed by atoms with van der Waals surface area (Å²) >= 11 is 0. The van der Waals surface area contributed by atoms with E-state index in [1.807, 2.05) is 13.0 Å². The summed E-state index contributed by atoms with van der Waals surface area (Å²) < 4.78 is 16.3. The maximum atomic E-state index is 12.1. The number of carbonyl (C=O) groups is 2. The van der Waals surface area contributed by atoms with E-state index in [1.165, 1.54) is 12.1 Å². The predicted octanol–water partition coefficient (Wildman–Crippen LogP) is 3.10. The van der Waals surface area contributed by atoms with Crippen molar-refractivity contribution in [3.05, 3.63) is 47.4 Å². The summed E-state index contributed by atoms with van der Waals surface area (Å²) in [5, 5.41) is 11.5. The number of aromatic carboxylic acids is 1. The van der Waals surface area contributed by atoms with Gasteiger partial charge in [0.25, 0.3) is 5.91 Å². The standard InChI is InChI=1S/C18H19NO6/c1-11-10-12(2-3-14(11)24-13-6-8-23-9-7-13)19-17(20)15-4-5-16(25-15)18(21)22/h2-5,10,13H,6-9H2,1H3,(H,19,20)(H,21,22). The van der Waals surface area contributed by atoms with Crippen LogP contribution < -0.4 is 10.1 Å². The first-order valence-electron chi connectivity index (χ1n) is 8.02. The highest BCUT2D eigenvalue weighted by molar-refractivity contribution is 6.03. The SMILES string of the molecule is Cc1cc(NC(=O)c2ccc(C(=O)O)o2)ccc1OC1CCOCC1. The number of ether oxygens (including phenoxy) is 2. The fourth-order valence-corrected chi connectivity index (χ4v) is 2.60. The van der Waals surface area contributed by atoms with Crippen LogP contribution in [0.2, 0.25) is 0 Å². The Kier molecular flexibility index (Phi) is 5.04. The van der Waals surface area contributed by atoms with E-state index >= 15 is 0 Å². The van der Waals surface area contributed by atoms with E-state index < -0.39 is 11.9 Å². The Morgan fingerprint density at radius 2 is 1.88 bits per heavy atom. The summed E-state index contributed by atoms with van der Waals surface area (Å²) in [6.45, 7) is 3.32. The van der Waals surface area contributed by atoms with Gasteiger partial charge in [0, 0.05) is 18.5 Å². The number of carboxylic acids is 1. The molecule has 0 radical (unpaired) electrons. The number of hydrogen-bond donors (Lipinski definition) is 2. The van der Waals surface area contributed by atoms with Crippen molar-refractivity contribution < 1.29 is 28.6 Å². The Morgan fingerprint density at radius 1 is 1.16 bits per heavy atom. The predicted molar refractivity (Wildman–Crippen MR) is 89.3 cm³/mol. The maximum Gasteiger partial charge on any atom is 0.371 e. The van der Waals surface area contributed by atoms with Gasteiger partial charge in [-0.1, -0.05) is 0 Å². The molecule has 1 amide bonds. The summed E-state index contributed by atoms with van der Waals surface area (Å²) in [7, 11) is 0. The van der Waals surface area contributed by atoms with Gasteiger partial charge in [0.05, 0.1) is 13.2 Å². The summed E-state index contributed by atoms with van der Waals surface area (Å²) in [6, 6.07) is 7.92. The number of amides is 1. The largest absolute Gasteiger partial charge is 0.490 e. The smallest absolute Gasteiger partial charge is 0.371 e. The molecule has 0 unspecified atom stereocenters. The minimum absolute atomic E-state index is 0.0578. The molecule has 7 nitrogen and oxygen atoms in total. The molecule has 0 aliphatic carbocycles. The second-order valence-electron chi connectivity index (χ2n) is 5.83. The van der Waals surface area contributed by atoms with E-state index in [1.54, 1.807) is 12.1 Å². The molecule has 1 aromatic heterocycles. The molecule has 0 spiro atoms. The minimum atomic E-state index is -1.22. The van der Waals surface area contributed by atoms with Crippen LogP contribution in [0.1, 0.15) is 39.5 Å². The van der Waals surface area contributed by atoms with Crippen LogP contribution in [0.4, 0.5) is 5.69 Å². The molecule has 7 heteroatoms. The van der Waals surface area contributed by atoms with Crippen LogP contribution in [-0.4, -0.2) is 36.3 Å². The third-order valence-corrected chi connectivity index (χ3v) is 3.94. The number of rotatable bonds is 5. The number of nitrogens with one attached hydrogen (secondary N) is 1. The van der Waals surface area contributed by atoms with E-state index in [9.17, 15) is 9.59 Å². The van der Waals surface area contributed by atoms with Gasteiger partial charge in [-0.15, -0.1) is 0 Å². The van der Waals surface area contributed by atoms with Gasteiger partial charge >= 0.3 is 5.97 Å². The lowest BCUT2D eigenvalue weighted by atomic mass is 10.1. The molecule has 2 heterocycles. The monoisotopic (exact) mass is 345 g/mol.